The number of nitrogens with zero attached hydrogens (tertiary/aromatic N) is 2. The van der Waals surface area contributed by atoms with E-state index >= 15 is 0 Å². The maximum atomic E-state index is 2.54. The molecule has 0 atom stereocenters. The lowest BCUT2D eigenvalue weighted by Crippen LogP contribution is -2.17. The summed E-state index contributed by atoms with van der Waals surface area (Å²) in [5.74, 6) is 0. The van der Waals surface area contributed by atoms with Crippen molar-refractivity contribution in [3.63, 3.8) is 0 Å². The summed E-state index contributed by atoms with van der Waals surface area (Å²) in [6.07, 6.45) is 0. The van der Waals surface area contributed by atoms with Crippen molar-refractivity contribution in [2.45, 2.75) is 38.5 Å². The molecule has 1 aromatic heterocycles. The van der Waals surface area contributed by atoms with Crippen LogP contribution in [0.25, 0.3) is 72.0 Å². The van der Waals surface area contributed by atoms with Gasteiger partial charge in [-0.1, -0.05) is 167 Å². The molecular formula is C60H46N2. The topological polar surface area (TPSA) is 8.17 Å². The van der Waals surface area contributed by atoms with Gasteiger partial charge in [0.1, 0.15) is 0 Å². The average Bonchev–Trinajstić information content (AvgIpc) is 3.86. The van der Waals surface area contributed by atoms with Gasteiger partial charge in [0.2, 0.25) is 0 Å². The van der Waals surface area contributed by atoms with Gasteiger partial charge >= 0.3 is 0 Å². The number of hydrogen-bond acceptors (Lipinski definition) is 1. The first-order valence-corrected chi connectivity index (χ1v) is 21.9. The lowest BCUT2D eigenvalue weighted by Gasteiger charge is -2.29. The molecule has 0 saturated carbocycles. The molecule has 0 saturated heterocycles. The Bertz CT molecular complexity index is 3370. The van der Waals surface area contributed by atoms with Crippen molar-refractivity contribution in [2.75, 3.05) is 4.90 Å². The van der Waals surface area contributed by atoms with E-state index < -0.39 is 0 Å². The summed E-state index contributed by atoms with van der Waals surface area (Å²) in [6.45, 7) is 9.59. The van der Waals surface area contributed by atoms with Gasteiger partial charge in [-0.25, -0.2) is 0 Å². The van der Waals surface area contributed by atoms with Crippen LogP contribution in [0.4, 0.5) is 17.1 Å². The normalized spacial score (nSPS) is 14.1. The molecule has 0 unspecified atom stereocenters. The van der Waals surface area contributed by atoms with Gasteiger partial charge in [0.05, 0.1) is 16.7 Å². The van der Waals surface area contributed by atoms with Gasteiger partial charge in [-0.15, -0.1) is 0 Å². The van der Waals surface area contributed by atoms with Gasteiger partial charge in [0.15, 0.2) is 0 Å². The average molecular weight is 795 g/mol. The fourth-order valence-electron chi connectivity index (χ4n) is 10.9. The Balaban J connectivity index is 1.04. The molecule has 2 aliphatic carbocycles. The molecule has 0 spiro atoms. The zero-order valence-corrected chi connectivity index (χ0v) is 35.5. The number of para-hydroxylation sites is 2. The van der Waals surface area contributed by atoms with Crippen LogP contribution in [-0.4, -0.2) is 4.57 Å². The smallest absolute Gasteiger partial charge is 0.0547 e. The summed E-state index contributed by atoms with van der Waals surface area (Å²) in [5, 5.41) is 2.52. The summed E-state index contributed by atoms with van der Waals surface area (Å²) >= 11 is 0. The lowest BCUT2D eigenvalue weighted by atomic mass is 9.79. The minimum absolute atomic E-state index is 0.0954. The zero-order valence-electron chi connectivity index (χ0n) is 35.5. The van der Waals surface area contributed by atoms with E-state index in [0.717, 1.165) is 11.4 Å². The van der Waals surface area contributed by atoms with Crippen LogP contribution >= 0.6 is 0 Å². The number of rotatable bonds is 6. The molecule has 0 radical (unpaired) electrons. The molecule has 62 heavy (non-hydrogen) atoms. The van der Waals surface area contributed by atoms with E-state index in [-0.39, 0.29) is 10.8 Å². The lowest BCUT2D eigenvalue weighted by molar-refractivity contribution is 0.652. The number of anilines is 3. The highest BCUT2D eigenvalue weighted by Gasteiger charge is 2.43. The fraction of sp³-hybridized carbons (Fsp3) is 0.100. The van der Waals surface area contributed by atoms with Crippen molar-refractivity contribution >= 4 is 38.9 Å². The summed E-state index contributed by atoms with van der Waals surface area (Å²) in [7, 11) is 0. The Labute approximate surface area is 364 Å². The van der Waals surface area contributed by atoms with Crippen LogP contribution in [0.3, 0.4) is 0 Å². The van der Waals surface area contributed by atoms with E-state index in [1.165, 1.54) is 99.9 Å². The largest absolute Gasteiger partial charge is 0.310 e. The summed E-state index contributed by atoms with van der Waals surface area (Å²) in [4.78, 5) is 2.48. The van der Waals surface area contributed by atoms with Crippen LogP contribution < -0.4 is 4.90 Å². The third-order valence-electron chi connectivity index (χ3n) is 14.0. The first-order chi connectivity index (χ1) is 30.3. The Morgan fingerprint density at radius 2 is 0.903 bits per heavy atom. The van der Waals surface area contributed by atoms with Crippen molar-refractivity contribution in [3.8, 4) is 50.2 Å². The quantitative estimate of drug-likeness (QED) is 0.163. The molecule has 296 valence electrons. The highest BCUT2D eigenvalue weighted by molar-refractivity contribution is 6.16. The van der Waals surface area contributed by atoms with Crippen molar-refractivity contribution < 1.29 is 0 Å². The maximum absolute atomic E-state index is 2.54. The molecule has 10 aromatic rings. The Kier molecular flexibility index (Phi) is 7.96. The molecule has 2 aliphatic rings. The van der Waals surface area contributed by atoms with Crippen LogP contribution in [0.15, 0.2) is 206 Å². The second kappa shape index (κ2) is 13.5. The molecular weight excluding hydrogens is 749 g/mol. The number of fused-ring (bicyclic) bond motifs is 9. The molecule has 1 heterocycles. The zero-order chi connectivity index (χ0) is 41.7. The molecule has 12 rings (SSSR count). The summed E-state index contributed by atoms with van der Waals surface area (Å²) < 4.78 is 2.40. The Morgan fingerprint density at radius 3 is 1.66 bits per heavy atom. The van der Waals surface area contributed by atoms with Gasteiger partial charge in [-0.2, -0.15) is 0 Å². The van der Waals surface area contributed by atoms with Crippen LogP contribution in [-0.2, 0) is 10.8 Å². The van der Waals surface area contributed by atoms with E-state index in [9.17, 15) is 0 Å². The van der Waals surface area contributed by atoms with Gasteiger partial charge in [0.25, 0.3) is 0 Å². The molecule has 2 nitrogen and oxygen atoms in total. The monoisotopic (exact) mass is 794 g/mol. The second-order valence-electron chi connectivity index (χ2n) is 18.1. The minimum atomic E-state index is -0.179. The second-order valence-corrected chi connectivity index (χ2v) is 18.1. The predicted octanol–water partition coefficient (Wildman–Crippen LogP) is 16.2. The summed E-state index contributed by atoms with van der Waals surface area (Å²) in [6, 6.07) is 76.3. The van der Waals surface area contributed by atoms with Gasteiger partial charge in [0, 0.05) is 44.2 Å². The Morgan fingerprint density at radius 1 is 0.371 bits per heavy atom. The van der Waals surface area contributed by atoms with Gasteiger partial charge in [-0.05, 0) is 128 Å². The SMILES string of the molecule is CC1(C)c2ccccc2-c2cc3c(cc21)-c1c(N(c2ccc(-c4ccccc4)cc2)c2ccc(-c4cccc5c4c4ccccc4n5-c4ccccc4)cc2)cccc1C3(C)C. The van der Waals surface area contributed by atoms with E-state index in [1.807, 2.05) is 0 Å². The standard InChI is InChI=1S/C60H46N2/c1-59(2)50-24-13-11-21-46(50)48-37-53-49(38-52(48)59)58-51(60(53,3)4)25-16-28-56(58)61(43-33-29-40(30-34-43)39-17-7-5-8-18-39)44-35-31-41(32-36-44)45-23-15-27-55-57(45)47-22-12-14-26-54(47)62(55)42-19-9-6-10-20-42/h5-38H,1-4H3. The number of benzene rings is 9. The third-order valence-corrected chi connectivity index (χ3v) is 14.0. The molecule has 0 bridgehead atoms. The maximum Gasteiger partial charge on any atom is 0.0547 e. The van der Waals surface area contributed by atoms with E-state index in [0.29, 0.717) is 0 Å². The van der Waals surface area contributed by atoms with Crippen molar-refractivity contribution in [3.05, 3.63) is 229 Å². The third kappa shape index (κ3) is 5.29. The Hall–Kier alpha value is -7.42. The first kappa shape index (κ1) is 36.4. The van der Waals surface area contributed by atoms with Crippen LogP contribution in [0.2, 0.25) is 0 Å². The van der Waals surface area contributed by atoms with E-state index in [1.54, 1.807) is 0 Å². The molecule has 0 amide bonds. The fourth-order valence-corrected chi connectivity index (χ4v) is 10.9. The van der Waals surface area contributed by atoms with Crippen molar-refractivity contribution in [2.24, 2.45) is 0 Å². The van der Waals surface area contributed by atoms with Crippen molar-refractivity contribution in [1.82, 2.24) is 4.57 Å². The van der Waals surface area contributed by atoms with E-state index in [4.69, 9.17) is 0 Å². The summed E-state index contributed by atoms with van der Waals surface area (Å²) in [5.41, 5.74) is 22.5. The highest BCUT2D eigenvalue weighted by Crippen LogP contribution is 2.59. The number of aromatic nitrogens is 1. The van der Waals surface area contributed by atoms with Crippen molar-refractivity contribution in [1.29, 1.82) is 0 Å². The molecule has 0 aliphatic heterocycles. The molecule has 0 N–H and O–H groups in total. The molecule has 9 aromatic carbocycles. The molecule has 2 heteroatoms. The predicted molar refractivity (Wildman–Crippen MR) is 261 cm³/mol. The first-order valence-electron chi connectivity index (χ1n) is 21.9. The minimum Gasteiger partial charge on any atom is -0.310 e. The van der Waals surface area contributed by atoms with Crippen LogP contribution in [0.5, 0.6) is 0 Å². The van der Waals surface area contributed by atoms with Crippen LogP contribution in [0, 0.1) is 0 Å². The molecule has 0 fully saturated rings. The highest BCUT2D eigenvalue weighted by atomic mass is 15.1. The van der Waals surface area contributed by atoms with Gasteiger partial charge < -0.3 is 9.47 Å². The van der Waals surface area contributed by atoms with E-state index in [2.05, 4.69) is 243 Å². The van der Waals surface area contributed by atoms with Crippen LogP contribution in [0.1, 0.15) is 49.9 Å². The van der Waals surface area contributed by atoms with Gasteiger partial charge in [-0.3, -0.25) is 0 Å². The number of hydrogen-bond donors (Lipinski definition) is 0.